The Bertz CT molecular complexity index is 1030. The summed E-state index contributed by atoms with van der Waals surface area (Å²) >= 11 is 0. The molecular weight excluding hydrogens is 338 g/mol. The van der Waals surface area contributed by atoms with E-state index in [0.717, 1.165) is 11.1 Å². The number of carbonyl (C=O) groups excluding carboxylic acids is 2. The number of benzene rings is 2. The van der Waals surface area contributed by atoms with E-state index in [4.69, 9.17) is 0 Å². The van der Waals surface area contributed by atoms with E-state index in [1.54, 1.807) is 24.4 Å². The second kappa shape index (κ2) is 7.58. The number of rotatable bonds is 4. The van der Waals surface area contributed by atoms with Gasteiger partial charge in [-0.15, -0.1) is 0 Å². The average Bonchev–Trinajstić information content (AvgIpc) is 2.60. The lowest BCUT2D eigenvalue weighted by molar-refractivity contribution is -0.114. The van der Waals surface area contributed by atoms with E-state index in [2.05, 4.69) is 34.7 Å². The molecule has 5 nitrogen and oxygen atoms in total. The van der Waals surface area contributed by atoms with Crippen molar-refractivity contribution in [2.45, 2.75) is 33.7 Å². The molecule has 138 valence electrons. The van der Waals surface area contributed by atoms with Crippen LogP contribution in [0.25, 0.3) is 10.9 Å². The molecule has 0 spiro atoms. The zero-order valence-electron chi connectivity index (χ0n) is 16.0. The van der Waals surface area contributed by atoms with Gasteiger partial charge < -0.3 is 10.6 Å². The largest absolute Gasteiger partial charge is 0.345 e. The maximum absolute atomic E-state index is 12.9. The first-order valence-electron chi connectivity index (χ1n) is 8.90. The van der Waals surface area contributed by atoms with Crippen molar-refractivity contribution >= 4 is 28.4 Å². The van der Waals surface area contributed by atoms with Gasteiger partial charge in [0.15, 0.2) is 0 Å². The number of nitrogens with one attached hydrogen (secondary N) is 2. The smallest absolute Gasteiger partial charge is 0.252 e. The van der Waals surface area contributed by atoms with E-state index in [9.17, 15) is 9.59 Å². The topological polar surface area (TPSA) is 71.1 Å². The van der Waals surface area contributed by atoms with Crippen LogP contribution >= 0.6 is 0 Å². The van der Waals surface area contributed by atoms with Crippen molar-refractivity contribution in [2.75, 3.05) is 5.32 Å². The minimum absolute atomic E-state index is 0.125. The van der Waals surface area contributed by atoms with Gasteiger partial charge in [0, 0.05) is 18.5 Å². The second-order valence-corrected chi connectivity index (χ2v) is 6.80. The molecule has 0 radical (unpaired) electrons. The van der Waals surface area contributed by atoms with E-state index in [1.807, 2.05) is 26.0 Å². The molecule has 3 rings (SSSR count). The Morgan fingerprint density at radius 3 is 2.56 bits per heavy atom. The summed E-state index contributed by atoms with van der Waals surface area (Å²) in [5, 5.41) is 6.53. The maximum Gasteiger partial charge on any atom is 0.252 e. The Morgan fingerprint density at radius 2 is 1.85 bits per heavy atom. The lowest BCUT2D eigenvalue weighted by Gasteiger charge is -2.18. The third-order valence-electron chi connectivity index (χ3n) is 4.57. The normalized spacial score (nSPS) is 11.9. The van der Waals surface area contributed by atoms with Crippen LogP contribution in [0.1, 0.15) is 46.9 Å². The minimum Gasteiger partial charge on any atom is -0.345 e. The summed E-state index contributed by atoms with van der Waals surface area (Å²) in [7, 11) is 0. The van der Waals surface area contributed by atoms with Crippen LogP contribution in [0.5, 0.6) is 0 Å². The number of pyridine rings is 1. The molecule has 1 atom stereocenters. The highest BCUT2D eigenvalue weighted by Crippen LogP contribution is 2.25. The van der Waals surface area contributed by atoms with Crippen LogP contribution in [0, 0.1) is 13.8 Å². The number of amides is 2. The number of hydrogen-bond acceptors (Lipinski definition) is 3. The number of aryl methyl sites for hydroxylation is 2. The van der Waals surface area contributed by atoms with Gasteiger partial charge in [0.1, 0.15) is 0 Å². The SMILES string of the molecule is CC(=O)Nc1cccc2c(C(=O)N[C@@H](C)c3ccc(C)cc3C)ccnc12. The summed E-state index contributed by atoms with van der Waals surface area (Å²) in [5.74, 6) is -0.350. The summed E-state index contributed by atoms with van der Waals surface area (Å²) < 4.78 is 0. The van der Waals surface area contributed by atoms with Crippen molar-refractivity contribution in [3.05, 3.63) is 70.9 Å². The molecule has 0 saturated heterocycles. The fourth-order valence-corrected chi connectivity index (χ4v) is 3.33. The van der Waals surface area contributed by atoms with Gasteiger partial charge in [-0.25, -0.2) is 0 Å². The molecule has 1 heterocycles. The molecule has 0 aliphatic rings. The summed E-state index contributed by atoms with van der Waals surface area (Å²) in [4.78, 5) is 28.7. The zero-order chi connectivity index (χ0) is 19.6. The molecule has 0 unspecified atom stereocenters. The number of nitrogens with zero attached hydrogens (tertiary/aromatic N) is 1. The Morgan fingerprint density at radius 1 is 1.07 bits per heavy atom. The second-order valence-electron chi connectivity index (χ2n) is 6.80. The van der Waals surface area contributed by atoms with Gasteiger partial charge in [0.25, 0.3) is 5.91 Å². The quantitative estimate of drug-likeness (QED) is 0.728. The van der Waals surface area contributed by atoms with Crippen molar-refractivity contribution in [3.8, 4) is 0 Å². The van der Waals surface area contributed by atoms with E-state index in [-0.39, 0.29) is 17.9 Å². The molecule has 0 aliphatic heterocycles. The molecule has 2 N–H and O–H groups in total. The maximum atomic E-state index is 12.9. The summed E-state index contributed by atoms with van der Waals surface area (Å²) in [5.41, 5.74) is 5.15. The fourth-order valence-electron chi connectivity index (χ4n) is 3.33. The van der Waals surface area contributed by atoms with Crippen LogP contribution in [-0.4, -0.2) is 16.8 Å². The van der Waals surface area contributed by atoms with Gasteiger partial charge in [-0.05, 0) is 44.0 Å². The van der Waals surface area contributed by atoms with Gasteiger partial charge >= 0.3 is 0 Å². The average molecular weight is 361 g/mol. The third kappa shape index (κ3) is 3.97. The van der Waals surface area contributed by atoms with Gasteiger partial charge in [0.2, 0.25) is 5.91 Å². The molecule has 0 bridgehead atoms. The Balaban J connectivity index is 1.92. The van der Waals surface area contributed by atoms with Crippen molar-refractivity contribution in [3.63, 3.8) is 0 Å². The molecular formula is C22H23N3O2. The van der Waals surface area contributed by atoms with Gasteiger partial charge in [0.05, 0.1) is 22.8 Å². The first kappa shape index (κ1) is 18.6. The standard InChI is InChI=1S/C22H23N3O2/c1-13-8-9-17(14(2)12-13)15(3)24-22(27)19-10-11-23-21-18(19)6-5-7-20(21)25-16(4)26/h5-12,15H,1-4H3,(H,24,27)(H,25,26)/t15-/m0/s1. The van der Waals surface area contributed by atoms with E-state index in [1.165, 1.54) is 12.5 Å². The Labute approximate surface area is 158 Å². The number of anilines is 1. The number of para-hydroxylation sites is 1. The minimum atomic E-state index is -0.178. The summed E-state index contributed by atoms with van der Waals surface area (Å²) in [6.07, 6.45) is 1.59. The van der Waals surface area contributed by atoms with Crippen molar-refractivity contribution in [1.29, 1.82) is 0 Å². The van der Waals surface area contributed by atoms with Gasteiger partial charge in [-0.3, -0.25) is 14.6 Å². The van der Waals surface area contributed by atoms with Crippen LogP contribution < -0.4 is 10.6 Å². The molecule has 0 saturated carbocycles. The first-order valence-corrected chi connectivity index (χ1v) is 8.90. The molecule has 2 aromatic carbocycles. The first-order chi connectivity index (χ1) is 12.9. The Hall–Kier alpha value is -3.21. The van der Waals surface area contributed by atoms with Crippen LogP contribution in [0.2, 0.25) is 0 Å². The predicted octanol–water partition coefficient (Wildman–Crippen LogP) is 4.30. The highest BCUT2D eigenvalue weighted by atomic mass is 16.2. The van der Waals surface area contributed by atoms with E-state index in [0.29, 0.717) is 22.2 Å². The van der Waals surface area contributed by atoms with E-state index >= 15 is 0 Å². The van der Waals surface area contributed by atoms with Crippen LogP contribution in [0.4, 0.5) is 5.69 Å². The number of fused-ring (bicyclic) bond motifs is 1. The third-order valence-corrected chi connectivity index (χ3v) is 4.57. The highest BCUT2D eigenvalue weighted by Gasteiger charge is 2.17. The van der Waals surface area contributed by atoms with E-state index < -0.39 is 0 Å². The monoisotopic (exact) mass is 361 g/mol. The number of aromatic nitrogens is 1. The molecule has 5 heteroatoms. The van der Waals surface area contributed by atoms with Gasteiger partial charge in [-0.2, -0.15) is 0 Å². The Kier molecular flexibility index (Phi) is 5.21. The number of carbonyl (C=O) groups is 2. The molecule has 27 heavy (non-hydrogen) atoms. The number of hydrogen-bond donors (Lipinski definition) is 2. The highest BCUT2D eigenvalue weighted by molar-refractivity contribution is 6.10. The van der Waals surface area contributed by atoms with Crippen molar-refractivity contribution < 1.29 is 9.59 Å². The fraction of sp³-hybridized carbons (Fsp3) is 0.227. The van der Waals surface area contributed by atoms with Crippen molar-refractivity contribution in [1.82, 2.24) is 10.3 Å². The lowest BCUT2D eigenvalue weighted by Crippen LogP contribution is -2.27. The van der Waals surface area contributed by atoms with Crippen LogP contribution in [0.15, 0.2) is 48.7 Å². The molecule has 0 fully saturated rings. The molecule has 0 aliphatic carbocycles. The summed E-state index contributed by atoms with van der Waals surface area (Å²) in [6.45, 7) is 7.52. The van der Waals surface area contributed by atoms with Gasteiger partial charge in [-0.1, -0.05) is 35.9 Å². The molecule has 3 aromatic rings. The zero-order valence-corrected chi connectivity index (χ0v) is 16.0. The van der Waals surface area contributed by atoms with Crippen molar-refractivity contribution in [2.24, 2.45) is 0 Å². The predicted molar refractivity (Wildman–Crippen MR) is 108 cm³/mol. The van der Waals surface area contributed by atoms with Crippen LogP contribution in [0.3, 0.4) is 0 Å². The summed E-state index contributed by atoms with van der Waals surface area (Å²) in [6, 6.07) is 13.2. The molecule has 2 amide bonds. The lowest BCUT2D eigenvalue weighted by atomic mass is 9.99. The molecule has 1 aromatic heterocycles. The van der Waals surface area contributed by atoms with Crippen LogP contribution in [-0.2, 0) is 4.79 Å².